The predicted molar refractivity (Wildman–Crippen MR) is 75.0 cm³/mol. The van der Waals surface area contributed by atoms with Gasteiger partial charge in [0.15, 0.2) is 0 Å². The molecule has 6 heteroatoms. The fraction of sp³-hybridized carbons (Fsp3) is 0.429. The van der Waals surface area contributed by atoms with Gasteiger partial charge in [-0.3, -0.25) is 0 Å². The maximum absolute atomic E-state index is 12.5. The average molecular weight is 291 g/mol. The largest absolute Gasteiger partial charge is 0.243 e. The highest BCUT2D eigenvalue weighted by Crippen LogP contribution is 2.19. The van der Waals surface area contributed by atoms with Crippen molar-refractivity contribution in [3.63, 3.8) is 0 Å². The summed E-state index contributed by atoms with van der Waals surface area (Å²) in [5, 5.41) is 17.2. The van der Waals surface area contributed by atoms with Gasteiger partial charge in [0.2, 0.25) is 10.0 Å². The Hall–Kier alpha value is -1.89. The fourth-order valence-corrected chi connectivity index (χ4v) is 3.46. The first-order chi connectivity index (χ1) is 9.43. The van der Waals surface area contributed by atoms with Crippen LogP contribution in [0.1, 0.15) is 25.8 Å². The molecule has 5 nitrogen and oxygen atoms in total. The van der Waals surface area contributed by atoms with Crippen LogP contribution in [0.25, 0.3) is 0 Å². The number of hydrogen-bond donors (Lipinski definition) is 0. The van der Waals surface area contributed by atoms with Crippen LogP contribution in [0, 0.1) is 22.7 Å². The molecule has 0 atom stereocenters. The van der Waals surface area contributed by atoms with Crippen LogP contribution in [0.2, 0.25) is 0 Å². The number of benzene rings is 1. The van der Waals surface area contributed by atoms with Crippen LogP contribution >= 0.6 is 0 Å². The van der Waals surface area contributed by atoms with Crippen LogP contribution in [0.3, 0.4) is 0 Å². The summed E-state index contributed by atoms with van der Waals surface area (Å²) in [6, 6.07) is 10.0. The van der Waals surface area contributed by atoms with Crippen molar-refractivity contribution < 1.29 is 8.42 Å². The first kappa shape index (κ1) is 16.2. The summed E-state index contributed by atoms with van der Waals surface area (Å²) in [4.78, 5) is 0.186. The van der Waals surface area contributed by atoms with Crippen molar-refractivity contribution in [3.05, 3.63) is 29.8 Å². The molecular weight excluding hydrogens is 274 g/mol. The Balaban J connectivity index is 3.07. The van der Waals surface area contributed by atoms with Crippen LogP contribution in [-0.2, 0) is 16.4 Å². The van der Waals surface area contributed by atoms with E-state index in [1.807, 2.05) is 12.1 Å². The summed E-state index contributed by atoms with van der Waals surface area (Å²) < 4.78 is 26.3. The van der Waals surface area contributed by atoms with Gasteiger partial charge < -0.3 is 0 Å². The van der Waals surface area contributed by atoms with Crippen molar-refractivity contribution in [2.24, 2.45) is 0 Å². The van der Waals surface area contributed by atoms with Gasteiger partial charge in [0, 0.05) is 19.0 Å². The molecule has 0 radical (unpaired) electrons. The molecule has 0 saturated carbocycles. The number of sulfonamides is 1. The normalized spacial score (nSPS) is 11.3. The van der Waals surface area contributed by atoms with E-state index in [9.17, 15) is 8.42 Å². The van der Waals surface area contributed by atoms with Gasteiger partial charge in [-0.1, -0.05) is 12.1 Å². The number of nitrogens with zero attached hydrogens (tertiary/aromatic N) is 3. The standard InChI is InChI=1S/C14H17N3O2S/c1-12(2)17(11-3-9-15)20(18,19)14-6-4-13(5-7-14)8-10-16/h4-7,12H,3,8,11H2,1-2H3. The first-order valence-corrected chi connectivity index (χ1v) is 7.72. The van der Waals surface area contributed by atoms with Gasteiger partial charge in [-0.2, -0.15) is 14.8 Å². The van der Waals surface area contributed by atoms with Gasteiger partial charge in [-0.05, 0) is 31.5 Å². The quantitative estimate of drug-likeness (QED) is 0.803. The Morgan fingerprint density at radius 3 is 2.20 bits per heavy atom. The predicted octanol–water partition coefficient (Wildman–Crippen LogP) is 2.07. The van der Waals surface area contributed by atoms with Crippen LogP contribution in [0.4, 0.5) is 0 Å². The van der Waals surface area contributed by atoms with Crippen LogP contribution < -0.4 is 0 Å². The minimum absolute atomic E-state index is 0.157. The van der Waals surface area contributed by atoms with Crippen molar-refractivity contribution in [3.8, 4) is 12.1 Å². The summed E-state index contributed by atoms with van der Waals surface area (Å²) >= 11 is 0. The molecule has 106 valence electrons. The Morgan fingerprint density at radius 2 is 1.75 bits per heavy atom. The molecule has 0 amide bonds. The molecule has 20 heavy (non-hydrogen) atoms. The van der Waals surface area contributed by atoms with Crippen molar-refractivity contribution in [2.45, 2.75) is 37.6 Å². The minimum atomic E-state index is -3.60. The molecule has 0 saturated heterocycles. The van der Waals surface area contributed by atoms with Gasteiger partial charge in [-0.15, -0.1) is 0 Å². The number of rotatable bonds is 6. The highest BCUT2D eigenvalue weighted by molar-refractivity contribution is 7.89. The molecule has 0 aliphatic heterocycles. The van der Waals surface area contributed by atoms with E-state index in [-0.39, 0.29) is 30.3 Å². The van der Waals surface area contributed by atoms with Crippen molar-refractivity contribution in [1.82, 2.24) is 4.31 Å². The molecule has 1 aromatic rings. The Kier molecular flexibility index (Phi) is 5.69. The Morgan fingerprint density at radius 1 is 1.15 bits per heavy atom. The van der Waals surface area contributed by atoms with Gasteiger partial charge in [-0.25, -0.2) is 8.42 Å². The molecule has 0 aromatic heterocycles. The molecule has 0 N–H and O–H groups in total. The Bertz CT molecular complexity index is 622. The van der Waals surface area contributed by atoms with E-state index in [0.717, 1.165) is 5.56 Å². The summed E-state index contributed by atoms with van der Waals surface area (Å²) in [6.45, 7) is 3.73. The maximum atomic E-state index is 12.5. The van der Waals surface area contributed by atoms with Gasteiger partial charge >= 0.3 is 0 Å². The van der Waals surface area contributed by atoms with E-state index in [1.54, 1.807) is 26.0 Å². The molecule has 1 rings (SSSR count). The average Bonchev–Trinajstić information content (AvgIpc) is 2.39. The lowest BCUT2D eigenvalue weighted by atomic mass is 10.2. The van der Waals surface area contributed by atoms with Crippen molar-refractivity contribution in [2.75, 3.05) is 6.54 Å². The smallest absolute Gasteiger partial charge is 0.207 e. The molecule has 0 spiro atoms. The third kappa shape index (κ3) is 3.80. The summed E-state index contributed by atoms with van der Waals surface area (Å²) in [5.74, 6) is 0. The van der Waals surface area contributed by atoms with Gasteiger partial charge in [0.05, 0.1) is 23.5 Å². The third-order valence-electron chi connectivity index (χ3n) is 2.83. The SMILES string of the molecule is CC(C)N(CCC#N)S(=O)(=O)c1ccc(CC#N)cc1. The fourth-order valence-electron chi connectivity index (χ4n) is 1.82. The van der Waals surface area contributed by atoms with E-state index in [0.29, 0.717) is 0 Å². The zero-order valence-corrected chi connectivity index (χ0v) is 12.4. The molecule has 0 aliphatic rings. The van der Waals surface area contributed by atoms with E-state index >= 15 is 0 Å². The van der Waals surface area contributed by atoms with E-state index in [1.165, 1.54) is 16.4 Å². The zero-order chi connectivity index (χ0) is 15.2. The van der Waals surface area contributed by atoms with E-state index in [4.69, 9.17) is 10.5 Å². The molecule has 0 aliphatic carbocycles. The van der Waals surface area contributed by atoms with Crippen LogP contribution in [0.5, 0.6) is 0 Å². The highest BCUT2D eigenvalue weighted by Gasteiger charge is 2.26. The summed E-state index contributed by atoms with van der Waals surface area (Å²) in [7, 11) is -3.60. The second kappa shape index (κ2) is 7.04. The summed E-state index contributed by atoms with van der Waals surface area (Å²) in [6.07, 6.45) is 0.409. The molecular formula is C14H17N3O2S. The lowest BCUT2D eigenvalue weighted by molar-refractivity contribution is 0.360. The molecule has 1 aromatic carbocycles. The topological polar surface area (TPSA) is 85.0 Å². The van der Waals surface area contributed by atoms with Crippen LogP contribution in [-0.4, -0.2) is 25.3 Å². The van der Waals surface area contributed by atoms with Gasteiger partial charge in [0.25, 0.3) is 0 Å². The van der Waals surface area contributed by atoms with Crippen molar-refractivity contribution >= 4 is 10.0 Å². The van der Waals surface area contributed by atoms with Crippen molar-refractivity contribution in [1.29, 1.82) is 10.5 Å². The van der Waals surface area contributed by atoms with E-state index in [2.05, 4.69) is 0 Å². The number of nitriles is 2. The molecule has 0 fully saturated rings. The molecule has 0 bridgehead atoms. The zero-order valence-electron chi connectivity index (χ0n) is 11.6. The highest BCUT2D eigenvalue weighted by atomic mass is 32.2. The second-order valence-electron chi connectivity index (χ2n) is 4.60. The Labute approximate surface area is 120 Å². The monoisotopic (exact) mass is 291 g/mol. The lowest BCUT2D eigenvalue weighted by Crippen LogP contribution is -2.37. The second-order valence-corrected chi connectivity index (χ2v) is 6.49. The number of hydrogen-bond acceptors (Lipinski definition) is 4. The van der Waals surface area contributed by atoms with Crippen LogP contribution in [0.15, 0.2) is 29.2 Å². The maximum Gasteiger partial charge on any atom is 0.243 e. The molecule has 0 unspecified atom stereocenters. The third-order valence-corrected chi connectivity index (χ3v) is 4.92. The summed E-state index contributed by atoms with van der Waals surface area (Å²) in [5.41, 5.74) is 0.777. The van der Waals surface area contributed by atoms with E-state index < -0.39 is 10.0 Å². The lowest BCUT2D eigenvalue weighted by Gasteiger charge is -2.25. The first-order valence-electron chi connectivity index (χ1n) is 6.28. The minimum Gasteiger partial charge on any atom is -0.207 e. The van der Waals surface area contributed by atoms with Gasteiger partial charge in [0.1, 0.15) is 0 Å². The molecule has 0 heterocycles.